The molecule has 0 aromatic carbocycles. The van der Waals surface area contributed by atoms with Crippen LogP contribution in [0.5, 0.6) is 0 Å². The van der Waals surface area contributed by atoms with E-state index in [1.54, 1.807) is 22.4 Å². The molecule has 0 saturated carbocycles. The minimum atomic E-state index is 0.104. The second-order valence-corrected chi connectivity index (χ2v) is 8.98. The molecule has 1 aliphatic carbocycles. The summed E-state index contributed by atoms with van der Waals surface area (Å²) in [6, 6.07) is 7.94. The third-order valence-corrected chi connectivity index (χ3v) is 6.22. The third-order valence-electron chi connectivity index (χ3n) is 4.99. The fourth-order valence-electron chi connectivity index (χ4n) is 3.36. The molecule has 24 heavy (non-hydrogen) atoms. The highest BCUT2D eigenvalue weighted by atomic mass is 32.1. The SMILES string of the molecule is CN(Cc1ccccn1)C(=O)c1cc2c(s1)CCC(C(C)(C)C)C2. The van der Waals surface area contributed by atoms with E-state index in [2.05, 4.69) is 31.8 Å². The molecule has 4 heteroatoms. The molecule has 0 saturated heterocycles. The lowest BCUT2D eigenvalue weighted by Crippen LogP contribution is -2.26. The van der Waals surface area contributed by atoms with Gasteiger partial charge >= 0.3 is 0 Å². The molecule has 0 fully saturated rings. The molecular formula is C20H26N2OS. The van der Waals surface area contributed by atoms with Gasteiger partial charge in [-0.05, 0) is 54.4 Å². The van der Waals surface area contributed by atoms with Gasteiger partial charge in [0.25, 0.3) is 5.91 Å². The van der Waals surface area contributed by atoms with Crippen LogP contribution in [-0.2, 0) is 19.4 Å². The van der Waals surface area contributed by atoms with Crippen molar-refractivity contribution in [3.05, 3.63) is 51.5 Å². The largest absolute Gasteiger partial charge is 0.335 e. The van der Waals surface area contributed by atoms with Crippen LogP contribution in [0.15, 0.2) is 30.5 Å². The van der Waals surface area contributed by atoms with Gasteiger partial charge in [-0.25, -0.2) is 0 Å². The van der Waals surface area contributed by atoms with Crippen molar-refractivity contribution >= 4 is 17.2 Å². The van der Waals surface area contributed by atoms with E-state index in [0.29, 0.717) is 17.9 Å². The van der Waals surface area contributed by atoms with Crippen molar-refractivity contribution in [2.24, 2.45) is 11.3 Å². The van der Waals surface area contributed by atoms with E-state index in [4.69, 9.17) is 0 Å². The van der Waals surface area contributed by atoms with Crippen molar-refractivity contribution in [3.63, 3.8) is 0 Å². The molecule has 2 heterocycles. The number of carbonyl (C=O) groups is 1. The van der Waals surface area contributed by atoms with Crippen LogP contribution in [0, 0.1) is 11.3 Å². The Hall–Kier alpha value is -1.68. The van der Waals surface area contributed by atoms with E-state index >= 15 is 0 Å². The summed E-state index contributed by atoms with van der Waals surface area (Å²) < 4.78 is 0. The van der Waals surface area contributed by atoms with Crippen molar-refractivity contribution < 1.29 is 4.79 Å². The molecular weight excluding hydrogens is 316 g/mol. The van der Waals surface area contributed by atoms with Crippen LogP contribution in [0.1, 0.15) is 53.0 Å². The summed E-state index contributed by atoms with van der Waals surface area (Å²) in [7, 11) is 1.85. The summed E-state index contributed by atoms with van der Waals surface area (Å²) in [5, 5.41) is 0. The van der Waals surface area contributed by atoms with Crippen molar-refractivity contribution in [1.82, 2.24) is 9.88 Å². The fourth-order valence-corrected chi connectivity index (χ4v) is 4.57. The van der Waals surface area contributed by atoms with Gasteiger partial charge in [-0.3, -0.25) is 9.78 Å². The van der Waals surface area contributed by atoms with Crippen molar-refractivity contribution in [2.45, 2.75) is 46.6 Å². The second kappa shape index (κ2) is 6.67. The van der Waals surface area contributed by atoms with Crippen LogP contribution in [0.2, 0.25) is 0 Å². The van der Waals surface area contributed by atoms with Crippen LogP contribution in [-0.4, -0.2) is 22.8 Å². The topological polar surface area (TPSA) is 33.2 Å². The number of rotatable bonds is 3. The highest BCUT2D eigenvalue weighted by Crippen LogP contribution is 2.40. The Morgan fingerprint density at radius 1 is 1.38 bits per heavy atom. The van der Waals surface area contributed by atoms with Crippen LogP contribution in [0.3, 0.4) is 0 Å². The molecule has 128 valence electrons. The maximum atomic E-state index is 12.8. The van der Waals surface area contributed by atoms with Gasteiger partial charge in [0.2, 0.25) is 0 Å². The molecule has 3 rings (SSSR count). The molecule has 1 atom stereocenters. The molecule has 2 aromatic heterocycles. The molecule has 3 nitrogen and oxygen atoms in total. The number of hydrogen-bond donors (Lipinski definition) is 0. The zero-order valence-corrected chi connectivity index (χ0v) is 15.8. The molecule has 0 aliphatic heterocycles. The summed E-state index contributed by atoms with van der Waals surface area (Å²) in [6.07, 6.45) is 5.21. The van der Waals surface area contributed by atoms with Crippen molar-refractivity contribution in [1.29, 1.82) is 0 Å². The number of aryl methyl sites for hydroxylation is 1. The van der Waals surface area contributed by atoms with E-state index in [1.807, 2.05) is 25.2 Å². The van der Waals surface area contributed by atoms with Gasteiger partial charge in [0, 0.05) is 18.1 Å². The number of hydrogen-bond acceptors (Lipinski definition) is 3. The van der Waals surface area contributed by atoms with Gasteiger partial charge < -0.3 is 4.90 Å². The normalized spacial score (nSPS) is 17.4. The number of fused-ring (bicyclic) bond motifs is 1. The smallest absolute Gasteiger partial charge is 0.264 e. The molecule has 0 N–H and O–H groups in total. The molecule has 0 radical (unpaired) electrons. The van der Waals surface area contributed by atoms with Crippen LogP contribution in [0.4, 0.5) is 0 Å². The number of thiophene rings is 1. The lowest BCUT2D eigenvalue weighted by molar-refractivity contribution is 0.0788. The maximum absolute atomic E-state index is 12.8. The number of carbonyl (C=O) groups excluding carboxylic acids is 1. The Morgan fingerprint density at radius 2 is 2.17 bits per heavy atom. The summed E-state index contributed by atoms with van der Waals surface area (Å²) >= 11 is 1.68. The van der Waals surface area contributed by atoms with Crippen LogP contribution in [0.25, 0.3) is 0 Å². The molecule has 0 bridgehead atoms. The van der Waals surface area contributed by atoms with Crippen molar-refractivity contribution in [2.75, 3.05) is 7.05 Å². The zero-order valence-electron chi connectivity index (χ0n) is 15.0. The van der Waals surface area contributed by atoms with Gasteiger partial charge in [-0.2, -0.15) is 0 Å². The monoisotopic (exact) mass is 342 g/mol. The second-order valence-electron chi connectivity index (χ2n) is 7.85. The average Bonchev–Trinajstić information content (AvgIpc) is 2.97. The molecule has 1 amide bonds. The zero-order chi connectivity index (χ0) is 17.3. The van der Waals surface area contributed by atoms with E-state index in [1.165, 1.54) is 16.9 Å². The summed E-state index contributed by atoms with van der Waals surface area (Å²) in [4.78, 5) is 21.1. The Labute approximate surface area is 148 Å². The Bertz CT molecular complexity index is 715. The summed E-state index contributed by atoms with van der Waals surface area (Å²) in [5.41, 5.74) is 2.64. The van der Waals surface area contributed by atoms with Gasteiger partial charge in [0.1, 0.15) is 0 Å². The van der Waals surface area contributed by atoms with Gasteiger partial charge in [-0.15, -0.1) is 11.3 Å². The Morgan fingerprint density at radius 3 is 2.83 bits per heavy atom. The summed E-state index contributed by atoms with van der Waals surface area (Å²) in [6.45, 7) is 7.51. The first-order valence-corrected chi connectivity index (χ1v) is 9.43. The molecule has 1 unspecified atom stereocenters. The first-order valence-electron chi connectivity index (χ1n) is 8.61. The predicted molar refractivity (Wildman–Crippen MR) is 99.3 cm³/mol. The summed E-state index contributed by atoms with van der Waals surface area (Å²) in [5.74, 6) is 0.807. The Kier molecular flexibility index (Phi) is 4.77. The van der Waals surface area contributed by atoms with Crippen LogP contribution >= 0.6 is 11.3 Å². The highest BCUT2D eigenvalue weighted by Gasteiger charge is 2.30. The predicted octanol–water partition coefficient (Wildman–Crippen LogP) is 4.57. The standard InChI is InChI=1S/C20H26N2OS/c1-20(2,3)15-8-9-17-14(11-15)12-18(24-17)19(23)22(4)13-16-7-5-6-10-21-16/h5-7,10,12,15H,8-9,11,13H2,1-4H3. The van der Waals surface area contributed by atoms with Crippen molar-refractivity contribution in [3.8, 4) is 0 Å². The maximum Gasteiger partial charge on any atom is 0.264 e. The lowest BCUT2D eigenvalue weighted by atomic mass is 9.72. The van der Waals surface area contributed by atoms with Gasteiger partial charge in [0.15, 0.2) is 0 Å². The van der Waals surface area contributed by atoms with Crippen LogP contribution < -0.4 is 0 Å². The first-order chi connectivity index (χ1) is 11.3. The van der Waals surface area contributed by atoms with E-state index in [0.717, 1.165) is 23.4 Å². The molecule has 2 aromatic rings. The highest BCUT2D eigenvalue weighted by molar-refractivity contribution is 7.14. The number of pyridine rings is 1. The van der Waals surface area contributed by atoms with E-state index in [9.17, 15) is 4.79 Å². The number of amides is 1. The Balaban J connectivity index is 1.72. The molecule has 0 spiro atoms. The first kappa shape index (κ1) is 17.2. The number of nitrogens with zero attached hydrogens (tertiary/aromatic N) is 2. The minimum absolute atomic E-state index is 0.104. The van der Waals surface area contributed by atoms with E-state index in [-0.39, 0.29) is 5.91 Å². The van der Waals surface area contributed by atoms with Gasteiger partial charge in [-0.1, -0.05) is 26.8 Å². The molecule has 1 aliphatic rings. The average molecular weight is 343 g/mol. The lowest BCUT2D eigenvalue weighted by Gasteiger charge is -2.33. The number of aromatic nitrogens is 1. The third kappa shape index (κ3) is 3.69. The fraction of sp³-hybridized carbons (Fsp3) is 0.500. The quantitative estimate of drug-likeness (QED) is 0.819. The minimum Gasteiger partial charge on any atom is -0.335 e. The van der Waals surface area contributed by atoms with E-state index < -0.39 is 0 Å². The van der Waals surface area contributed by atoms with Gasteiger partial charge in [0.05, 0.1) is 17.1 Å².